The van der Waals surface area contributed by atoms with Crippen LogP contribution in [0.3, 0.4) is 0 Å². The van der Waals surface area contributed by atoms with E-state index in [4.69, 9.17) is 10.7 Å². The quantitative estimate of drug-likeness (QED) is 0.819. The van der Waals surface area contributed by atoms with Crippen molar-refractivity contribution < 1.29 is 13.2 Å². The van der Waals surface area contributed by atoms with Crippen LogP contribution in [-0.4, -0.2) is 20.4 Å². The van der Waals surface area contributed by atoms with E-state index >= 15 is 0 Å². The van der Waals surface area contributed by atoms with Gasteiger partial charge >= 0.3 is 0 Å². The minimum absolute atomic E-state index is 0.0538. The van der Waals surface area contributed by atoms with Gasteiger partial charge in [0.05, 0.1) is 4.90 Å². The Labute approximate surface area is 124 Å². The average Bonchev–Trinajstić information content (AvgIpc) is 2.35. The average molecular weight is 318 g/mol. The summed E-state index contributed by atoms with van der Waals surface area (Å²) in [5.41, 5.74) is 1.06. The number of nitrogens with one attached hydrogen (secondary N) is 1. The smallest absolute Gasteiger partial charge is 0.261 e. The third-order valence-corrected chi connectivity index (χ3v) is 4.45. The molecule has 1 unspecified atom stereocenters. The van der Waals surface area contributed by atoms with Crippen molar-refractivity contribution in [3.63, 3.8) is 0 Å². The fourth-order valence-electron chi connectivity index (χ4n) is 1.88. The van der Waals surface area contributed by atoms with Gasteiger partial charge in [-0.25, -0.2) is 8.42 Å². The summed E-state index contributed by atoms with van der Waals surface area (Å²) in [6.45, 7) is 5.79. The first-order chi connectivity index (χ1) is 9.25. The summed E-state index contributed by atoms with van der Waals surface area (Å²) < 4.78 is 22.6. The number of carbonyl (C=O) groups excluding carboxylic acids is 1. The van der Waals surface area contributed by atoms with Crippen molar-refractivity contribution in [1.82, 2.24) is 5.32 Å². The van der Waals surface area contributed by atoms with Crippen LogP contribution in [0.15, 0.2) is 23.1 Å². The Balaban J connectivity index is 2.93. The molecule has 112 valence electrons. The van der Waals surface area contributed by atoms with Crippen LogP contribution in [0.1, 0.15) is 49.0 Å². The number of unbranched alkanes of at least 4 members (excludes halogenated alkanes) is 1. The minimum atomic E-state index is -3.83. The first kappa shape index (κ1) is 17.0. The molecule has 0 radical (unpaired) electrons. The Morgan fingerprint density at radius 3 is 2.60 bits per heavy atom. The number of aryl methyl sites for hydroxylation is 1. The molecular formula is C14H20ClNO3S. The Hall–Kier alpha value is -1.07. The van der Waals surface area contributed by atoms with E-state index in [1.54, 1.807) is 13.0 Å². The van der Waals surface area contributed by atoms with E-state index < -0.39 is 9.05 Å². The number of amides is 1. The summed E-state index contributed by atoms with van der Waals surface area (Å²) in [5.74, 6) is -0.270. The van der Waals surface area contributed by atoms with Crippen LogP contribution in [0.5, 0.6) is 0 Å². The number of hydrogen-bond donors (Lipinski definition) is 1. The molecule has 1 amide bonds. The predicted molar refractivity (Wildman–Crippen MR) is 80.7 cm³/mol. The van der Waals surface area contributed by atoms with Gasteiger partial charge in [-0.05, 0) is 38.0 Å². The first-order valence-electron chi connectivity index (χ1n) is 6.62. The second kappa shape index (κ2) is 7.09. The van der Waals surface area contributed by atoms with Gasteiger partial charge in [0, 0.05) is 22.3 Å². The zero-order chi connectivity index (χ0) is 15.3. The summed E-state index contributed by atoms with van der Waals surface area (Å²) in [7, 11) is 1.48. The summed E-state index contributed by atoms with van der Waals surface area (Å²) in [6.07, 6.45) is 3.00. The van der Waals surface area contributed by atoms with Crippen LogP contribution in [-0.2, 0) is 9.05 Å². The lowest BCUT2D eigenvalue weighted by Crippen LogP contribution is -2.33. The topological polar surface area (TPSA) is 63.2 Å². The van der Waals surface area contributed by atoms with Crippen molar-refractivity contribution in [3.8, 4) is 0 Å². The highest BCUT2D eigenvalue weighted by molar-refractivity contribution is 8.13. The van der Waals surface area contributed by atoms with Crippen molar-refractivity contribution in [2.75, 3.05) is 0 Å². The summed E-state index contributed by atoms with van der Waals surface area (Å²) in [5, 5.41) is 2.87. The third-order valence-electron chi connectivity index (χ3n) is 3.10. The van der Waals surface area contributed by atoms with Gasteiger partial charge in [-0.1, -0.05) is 25.8 Å². The highest BCUT2D eigenvalue weighted by Gasteiger charge is 2.17. The molecule has 6 heteroatoms. The molecule has 0 aromatic heterocycles. The van der Waals surface area contributed by atoms with Crippen LogP contribution in [0.25, 0.3) is 0 Å². The van der Waals surface area contributed by atoms with Crippen LogP contribution < -0.4 is 5.32 Å². The van der Waals surface area contributed by atoms with Gasteiger partial charge in [0.25, 0.3) is 15.0 Å². The molecule has 1 aromatic carbocycles. The molecule has 0 aliphatic rings. The maximum absolute atomic E-state index is 12.2. The molecule has 0 bridgehead atoms. The van der Waals surface area contributed by atoms with E-state index in [0.717, 1.165) is 19.3 Å². The molecule has 4 nitrogen and oxygen atoms in total. The normalized spacial score (nSPS) is 13.0. The standard InChI is InChI=1S/C14H20ClNO3S/c1-4-5-6-11(3)16-14(17)13-9-12(20(15,18)19)8-7-10(13)2/h7-9,11H,4-6H2,1-3H3,(H,16,17). The molecular weight excluding hydrogens is 298 g/mol. The number of halogens is 1. The molecule has 20 heavy (non-hydrogen) atoms. The monoisotopic (exact) mass is 317 g/mol. The van der Waals surface area contributed by atoms with Crippen molar-refractivity contribution >= 4 is 25.6 Å². The Bertz CT molecular complexity index is 584. The lowest BCUT2D eigenvalue weighted by Gasteiger charge is -2.15. The molecule has 1 atom stereocenters. The largest absolute Gasteiger partial charge is 0.350 e. The molecule has 0 fully saturated rings. The van der Waals surface area contributed by atoms with Crippen molar-refractivity contribution in [2.45, 2.75) is 51.0 Å². The Morgan fingerprint density at radius 1 is 1.40 bits per heavy atom. The fraction of sp³-hybridized carbons (Fsp3) is 0.500. The van der Waals surface area contributed by atoms with E-state index in [-0.39, 0.29) is 16.8 Å². The first-order valence-corrected chi connectivity index (χ1v) is 8.92. The second-order valence-electron chi connectivity index (χ2n) is 4.93. The Morgan fingerprint density at radius 2 is 2.05 bits per heavy atom. The molecule has 0 saturated heterocycles. The number of benzene rings is 1. The molecule has 0 aliphatic carbocycles. The number of carbonyl (C=O) groups is 1. The van der Waals surface area contributed by atoms with Gasteiger partial charge in [-0.2, -0.15) is 0 Å². The maximum Gasteiger partial charge on any atom is 0.261 e. The predicted octanol–water partition coefficient (Wildman–Crippen LogP) is 3.23. The van der Waals surface area contributed by atoms with E-state index in [2.05, 4.69) is 12.2 Å². The molecule has 1 N–H and O–H groups in total. The van der Waals surface area contributed by atoms with E-state index in [1.165, 1.54) is 12.1 Å². The van der Waals surface area contributed by atoms with Gasteiger partial charge in [-0.15, -0.1) is 0 Å². The summed E-state index contributed by atoms with van der Waals surface area (Å²) in [6, 6.07) is 4.35. The third kappa shape index (κ3) is 4.80. The lowest BCUT2D eigenvalue weighted by atomic mass is 10.1. The SMILES string of the molecule is CCCCC(C)NC(=O)c1cc(S(=O)(=O)Cl)ccc1C. The van der Waals surface area contributed by atoms with Crippen molar-refractivity contribution in [3.05, 3.63) is 29.3 Å². The highest BCUT2D eigenvalue weighted by Crippen LogP contribution is 2.19. The fourth-order valence-corrected chi connectivity index (χ4v) is 2.66. The second-order valence-corrected chi connectivity index (χ2v) is 7.50. The van der Waals surface area contributed by atoms with Crippen molar-refractivity contribution in [2.24, 2.45) is 0 Å². The van der Waals surface area contributed by atoms with E-state index in [9.17, 15) is 13.2 Å². The highest BCUT2D eigenvalue weighted by atomic mass is 35.7. The van der Waals surface area contributed by atoms with E-state index in [0.29, 0.717) is 11.1 Å². The van der Waals surface area contributed by atoms with Gasteiger partial charge < -0.3 is 5.32 Å². The molecule has 0 heterocycles. The lowest BCUT2D eigenvalue weighted by molar-refractivity contribution is 0.0937. The molecule has 1 aromatic rings. The van der Waals surface area contributed by atoms with Crippen LogP contribution in [0.2, 0.25) is 0 Å². The molecule has 1 rings (SSSR count). The van der Waals surface area contributed by atoms with Gasteiger partial charge in [0.2, 0.25) is 0 Å². The molecule has 0 saturated carbocycles. The van der Waals surface area contributed by atoms with Crippen LogP contribution in [0, 0.1) is 6.92 Å². The summed E-state index contributed by atoms with van der Waals surface area (Å²) >= 11 is 0. The Kier molecular flexibility index (Phi) is 6.02. The maximum atomic E-state index is 12.2. The number of hydrogen-bond acceptors (Lipinski definition) is 3. The van der Waals surface area contributed by atoms with Gasteiger partial charge in [0.15, 0.2) is 0 Å². The summed E-state index contributed by atoms with van der Waals surface area (Å²) in [4.78, 5) is 12.1. The van der Waals surface area contributed by atoms with Crippen molar-refractivity contribution in [1.29, 1.82) is 0 Å². The molecule has 0 aliphatic heterocycles. The van der Waals surface area contributed by atoms with Gasteiger partial charge in [0.1, 0.15) is 0 Å². The van der Waals surface area contributed by atoms with Crippen LogP contribution in [0.4, 0.5) is 0 Å². The van der Waals surface area contributed by atoms with Gasteiger partial charge in [-0.3, -0.25) is 4.79 Å². The zero-order valence-corrected chi connectivity index (χ0v) is 13.5. The number of rotatable bonds is 6. The minimum Gasteiger partial charge on any atom is -0.350 e. The van der Waals surface area contributed by atoms with E-state index in [1.807, 2.05) is 6.92 Å². The van der Waals surface area contributed by atoms with Crippen LogP contribution >= 0.6 is 10.7 Å². The molecule has 0 spiro atoms. The zero-order valence-electron chi connectivity index (χ0n) is 11.9.